The van der Waals surface area contributed by atoms with E-state index in [2.05, 4.69) is 12.2 Å². The first kappa shape index (κ1) is 12.9. The van der Waals surface area contributed by atoms with Crippen molar-refractivity contribution in [1.82, 2.24) is 5.32 Å². The monoisotopic (exact) mass is 265 g/mol. The molecule has 2 aliphatic rings. The van der Waals surface area contributed by atoms with Gasteiger partial charge in [0.1, 0.15) is 0 Å². The number of hydrogen-bond acceptors (Lipinski definition) is 3. The molecule has 3 rings (SSSR count). The highest BCUT2D eigenvalue weighted by Gasteiger charge is 2.41. The quantitative estimate of drug-likeness (QED) is 0.908. The Balaban J connectivity index is 1.67. The van der Waals surface area contributed by atoms with Gasteiger partial charge in [0.15, 0.2) is 11.6 Å². The minimum absolute atomic E-state index is 0.119. The van der Waals surface area contributed by atoms with Crippen molar-refractivity contribution in [2.24, 2.45) is 0 Å². The van der Waals surface area contributed by atoms with Gasteiger partial charge in [-0.25, -0.2) is 4.39 Å². The number of benzene rings is 1. The van der Waals surface area contributed by atoms with Crippen molar-refractivity contribution in [1.29, 1.82) is 0 Å². The largest absolute Gasteiger partial charge is 0.494 e. The number of fused-ring (bicyclic) bond motifs is 2. The number of nitrogens with one attached hydrogen (secondary N) is 1. The van der Waals surface area contributed by atoms with Crippen LogP contribution in [0.15, 0.2) is 18.2 Å². The van der Waals surface area contributed by atoms with Crippen molar-refractivity contribution in [3.63, 3.8) is 0 Å². The number of ether oxygens (including phenoxy) is 2. The topological polar surface area (TPSA) is 30.5 Å². The average Bonchev–Trinajstić information content (AvgIpc) is 3.00. The summed E-state index contributed by atoms with van der Waals surface area (Å²) in [6.07, 6.45) is 4.19. The first-order valence-electron chi connectivity index (χ1n) is 6.92. The summed E-state index contributed by atoms with van der Waals surface area (Å²) >= 11 is 0. The molecule has 19 heavy (non-hydrogen) atoms. The summed E-state index contributed by atoms with van der Waals surface area (Å²) in [4.78, 5) is 0. The van der Waals surface area contributed by atoms with Crippen LogP contribution >= 0.6 is 0 Å². The Morgan fingerprint density at radius 1 is 1.42 bits per heavy atom. The summed E-state index contributed by atoms with van der Waals surface area (Å²) in [6.45, 7) is 2.06. The van der Waals surface area contributed by atoms with Gasteiger partial charge in [0.05, 0.1) is 19.3 Å². The molecule has 1 aromatic rings. The van der Waals surface area contributed by atoms with Gasteiger partial charge < -0.3 is 14.8 Å². The Labute approximate surface area is 113 Å². The van der Waals surface area contributed by atoms with E-state index in [1.807, 2.05) is 6.07 Å². The van der Waals surface area contributed by atoms with Gasteiger partial charge in [-0.2, -0.15) is 0 Å². The molecule has 0 aromatic heterocycles. The maximum Gasteiger partial charge on any atom is 0.165 e. The smallest absolute Gasteiger partial charge is 0.165 e. The van der Waals surface area contributed by atoms with Crippen LogP contribution in [0.3, 0.4) is 0 Å². The summed E-state index contributed by atoms with van der Waals surface area (Å²) in [5.74, 6) is -0.0166. The Kier molecular flexibility index (Phi) is 3.46. The van der Waals surface area contributed by atoms with Gasteiger partial charge >= 0.3 is 0 Å². The highest BCUT2D eigenvalue weighted by Crippen LogP contribution is 2.35. The molecule has 1 aromatic carbocycles. The fraction of sp³-hybridized carbons (Fsp3) is 0.600. The molecule has 2 heterocycles. The van der Waals surface area contributed by atoms with E-state index >= 15 is 0 Å². The highest BCUT2D eigenvalue weighted by molar-refractivity contribution is 5.30. The van der Waals surface area contributed by atoms with E-state index in [0.29, 0.717) is 24.0 Å². The second kappa shape index (κ2) is 5.10. The molecular weight excluding hydrogens is 245 g/mol. The summed E-state index contributed by atoms with van der Waals surface area (Å²) < 4.78 is 24.5. The van der Waals surface area contributed by atoms with Crippen LogP contribution in [0, 0.1) is 5.82 Å². The van der Waals surface area contributed by atoms with E-state index in [4.69, 9.17) is 9.47 Å². The lowest BCUT2D eigenvalue weighted by molar-refractivity contribution is 0.0962. The zero-order valence-electron chi connectivity index (χ0n) is 11.4. The molecule has 2 aliphatic heterocycles. The number of rotatable bonds is 4. The van der Waals surface area contributed by atoms with E-state index in [-0.39, 0.29) is 11.9 Å². The minimum atomic E-state index is -0.308. The second-order valence-corrected chi connectivity index (χ2v) is 5.50. The summed E-state index contributed by atoms with van der Waals surface area (Å²) in [7, 11) is 1.48. The molecule has 104 valence electrons. The minimum Gasteiger partial charge on any atom is -0.494 e. The maximum atomic E-state index is 13.7. The van der Waals surface area contributed by atoms with Gasteiger partial charge in [0.2, 0.25) is 0 Å². The Morgan fingerprint density at radius 3 is 2.84 bits per heavy atom. The van der Waals surface area contributed by atoms with E-state index < -0.39 is 0 Å². The molecule has 0 saturated carbocycles. The fourth-order valence-corrected chi connectivity index (χ4v) is 3.18. The Hall–Kier alpha value is -1.13. The molecule has 0 aliphatic carbocycles. The van der Waals surface area contributed by atoms with Crippen LogP contribution in [0.1, 0.15) is 37.8 Å². The first-order chi connectivity index (χ1) is 9.17. The van der Waals surface area contributed by atoms with Crippen LogP contribution in [-0.2, 0) is 4.74 Å². The molecule has 2 saturated heterocycles. The van der Waals surface area contributed by atoms with Crippen LogP contribution < -0.4 is 10.1 Å². The molecule has 0 spiro atoms. The van der Waals surface area contributed by atoms with Crippen LogP contribution in [0.4, 0.5) is 4.39 Å². The van der Waals surface area contributed by atoms with E-state index in [0.717, 1.165) is 18.4 Å². The first-order valence-corrected chi connectivity index (χ1v) is 6.92. The van der Waals surface area contributed by atoms with E-state index in [1.165, 1.54) is 13.5 Å². The molecule has 2 bridgehead atoms. The second-order valence-electron chi connectivity index (χ2n) is 5.50. The lowest BCUT2D eigenvalue weighted by Gasteiger charge is -2.25. The van der Waals surface area contributed by atoms with Crippen LogP contribution in [-0.4, -0.2) is 25.4 Å². The lowest BCUT2D eigenvalue weighted by Crippen LogP contribution is -2.39. The predicted molar refractivity (Wildman–Crippen MR) is 70.8 cm³/mol. The van der Waals surface area contributed by atoms with Gasteiger partial charge in [-0.15, -0.1) is 0 Å². The normalized spacial score (nSPS) is 30.6. The van der Waals surface area contributed by atoms with Gasteiger partial charge in [-0.1, -0.05) is 6.07 Å². The van der Waals surface area contributed by atoms with Crippen molar-refractivity contribution in [3.8, 4) is 5.75 Å². The summed E-state index contributed by atoms with van der Waals surface area (Å²) in [6, 6.07) is 5.66. The predicted octanol–water partition coefficient (Wildman–Crippen LogP) is 2.80. The van der Waals surface area contributed by atoms with Crippen LogP contribution in [0.5, 0.6) is 5.75 Å². The number of halogens is 1. The van der Waals surface area contributed by atoms with Gasteiger partial charge in [0.25, 0.3) is 0 Å². The van der Waals surface area contributed by atoms with Crippen molar-refractivity contribution in [2.75, 3.05) is 7.11 Å². The third kappa shape index (κ3) is 2.47. The highest BCUT2D eigenvalue weighted by atomic mass is 19.1. The summed E-state index contributed by atoms with van der Waals surface area (Å²) in [5, 5.41) is 3.56. The molecule has 4 heteroatoms. The van der Waals surface area contributed by atoms with E-state index in [1.54, 1.807) is 12.1 Å². The standard InChI is InChI=1S/C15H20FNO2/c1-9(10-3-5-14(18-2)12(16)7-10)17-13-8-11-4-6-15(13)19-11/h3,5,7,9,11,13,15,17H,4,6,8H2,1-2H3. The SMILES string of the molecule is COc1ccc(C(C)NC2CC3CCC2O3)cc1F. The molecule has 0 amide bonds. The van der Waals surface area contributed by atoms with E-state index in [9.17, 15) is 4.39 Å². The number of hydrogen-bond donors (Lipinski definition) is 1. The lowest BCUT2D eigenvalue weighted by atomic mass is 9.94. The number of methoxy groups -OCH3 is 1. The zero-order valence-corrected chi connectivity index (χ0v) is 11.4. The van der Waals surface area contributed by atoms with Crippen LogP contribution in [0.25, 0.3) is 0 Å². The van der Waals surface area contributed by atoms with Gasteiger partial charge in [-0.3, -0.25) is 0 Å². The molecular formula is C15H20FNO2. The molecule has 4 unspecified atom stereocenters. The molecule has 3 nitrogen and oxygen atoms in total. The maximum absolute atomic E-state index is 13.7. The van der Waals surface area contributed by atoms with Gasteiger partial charge in [-0.05, 0) is 43.9 Å². The third-order valence-electron chi connectivity index (χ3n) is 4.25. The van der Waals surface area contributed by atoms with Gasteiger partial charge in [0, 0.05) is 12.1 Å². The van der Waals surface area contributed by atoms with Crippen molar-refractivity contribution in [2.45, 2.75) is 50.5 Å². The average molecular weight is 265 g/mol. The zero-order chi connectivity index (χ0) is 13.4. The molecule has 1 N–H and O–H groups in total. The van der Waals surface area contributed by atoms with Crippen molar-refractivity contribution < 1.29 is 13.9 Å². The Morgan fingerprint density at radius 2 is 2.26 bits per heavy atom. The molecule has 0 radical (unpaired) electrons. The third-order valence-corrected chi connectivity index (χ3v) is 4.25. The molecule has 4 atom stereocenters. The summed E-state index contributed by atoms with van der Waals surface area (Å²) in [5.41, 5.74) is 0.945. The Bertz CT molecular complexity index is 465. The molecule has 2 fully saturated rings. The van der Waals surface area contributed by atoms with Crippen molar-refractivity contribution >= 4 is 0 Å². The van der Waals surface area contributed by atoms with Crippen LogP contribution in [0.2, 0.25) is 0 Å². The fourth-order valence-electron chi connectivity index (χ4n) is 3.18. The van der Waals surface area contributed by atoms with Crippen molar-refractivity contribution in [3.05, 3.63) is 29.6 Å².